The number of likely N-dealkylation sites (tertiary alicyclic amines) is 1. The molecule has 1 aliphatic rings. The highest BCUT2D eigenvalue weighted by molar-refractivity contribution is 5.74. The number of aliphatic hydroxyl groups is 1. The van der Waals surface area contributed by atoms with Crippen molar-refractivity contribution in [1.29, 1.82) is 0 Å². The standard InChI is InChI=1S/C13H17NO3/c15-12(10-6-2-1-3-7-10)11(13(16)17)14-8-4-5-9-14/h1-3,6-7,11-12,15H,4-5,8-9H2,(H,16,17)/t11-,12+/m0/s1. The second-order valence-electron chi connectivity index (χ2n) is 4.38. The molecule has 1 heterocycles. The van der Waals surface area contributed by atoms with Gasteiger partial charge in [-0.15, -0.1) is 0 Å². The zero-order valence-electron chi connectivity index (χ0n) is 9.62. The summed E-state index contributed by atoms with van der Waals surface area (Å²) < 4.78 is 0. The Hall–Kier alpha value is -1.39. The molecule has 1 aromatic carbocycles. The van der Waals surface area contributed by atoms with Crippen LogP contribution in [0.3, 0.4) is 0 Å². The van der Waals surface area contributed by atoms with E-state index in [1.54, 1.807) is 24.3 Å². The van der Waals surface area contributed by atoms with Gasteiger partial charge in [0.1, 0.15) is 12.1 Å². The van der Waals surface area contributed by atoms with Gasteiger partial charge in [0.15, 0.2) is 0 Å². The molecular formula is C13H17NO3. The molecule has 0 radical (unpaired) electrons. The van der Waals surface area contributed by atoms with Crippen LogP contribution < -0.4 is 0 Å². The minimum atomic E-state index is -0.966. The minimum absolute atomic E-state index is 0.659. The van der Waals surface area contributed by atoms with Gasteiger partial charge in [-0.05, 0) is 31.5 Å². The monoisotopic (exact) mass is 235 g/mol. The van der Waals surface area contributed by atoms with Crippen LogP contribution in [-0.2, 0) is 4.79 Å². The maximum absolute atomic E-state index is 11.3. The summed E-state index contributed by atoms with van der Waals surface area (Å²) in [6.07, 6.45) is 1.04. The third-order valence-corrected chi connectivity index (χ3v) is 3.23. The molecule has 2 N–H and O–H groups in total. The van der Waals surface area contributed by atoms with Gasteiger partial charge in [-0.3, -0.25) is 9.69 Å². The van der Waals surface area contributed by atoms with Crippen LogP contribution in [0.2, 0.25) is 0 Å². The Morgan fingerprint density at radius 2 is 1.76 bits per heavy atom. The highest BCUT2D eigenvalue weighted by Gasteiger charge is 2.34. The average Bonchev–Trinajstić information content (AvgIpc) is 2.83. The Kier molecular flexibility index (Phi) is 3.76. The number of hydrogen-bond acceptors (Lipinski definition) is 3. The van der Waals surface area contributed by atoms with E-state index in [-0.39, 0.29) is 0 Å². The molecule has 0 spiro atoms. The first kappa shape index (κ1) is 12.1. The molecule has 2 rings (SSSR count). The first-order chi connectivity index (χ1) is 8.20. The number of carboxylic acid groups (broad SMARTS) is 1. The summed E-state index contributed by atoms with van der Waals surface area (Å²) in [6.45, 7) is 1.50. The molecular weight excluding hydrogens is 218 g/mol. The van der Waals surface area contributed by atoms with E-state index >= 15 is 0 Å². The molecule has 0 unspecified atom stereocenters. The largest absolute Gasteiger partial charge is 0.480 e. The SMILES string of the molecule is O=C(O)[C@H]([C@H](O)c1ccccc1)N1CCCC1. The topological polar surface area (TPSA) is 60.8 Å². The maximum atomic E-state index is 11.3. The molecule has 1 aliphatic heterocycles. The molecule has 1 fully saturated rings. The highest BCUT2D eigenvalue weighted by Crippen LogP contribution is 2.24. The number of carbonyl (C=O) groups is 1. The van der Waals surface area contributed by atoms with E-state index in [1.165, 1.54) is 0 Å². The fraction of sp³-hybridized carbons (Fsp3) is 0.462. The fourth-order valence-electron chi connectivity index (χ4n) is 2.34. The van der Waals surface area contributed by atoms with E-state index < -0.39 is 18.1 Å². The minimum Gasteiger partial charge on any atom is -0.480 e. The first-order valence-electron chi connectivity index (χ1n) is 5.90. The number of rotatable bonds is 4. The summed E-state index contributed by atoms with van der Waals surface area (Å²) in [5.41, 5.74) is 0.659. The third-order valence-electron chi connectivity index (χ3n) is 3.23. The van der Waals surface area contributed by atoms with Crippen LogP contribution in [0.5, 0.6) is 0 Å². The Morgan fingerprint density at radius 1 is 1.18 bits per heavy atom. The molecule has 0 bridgehead atoms. The van der Waals surface area contributed by atoms with Gasteiger partial charge in [0.05, 0.1) is 0 Å². The van der Waals surface area contributed by atoms with E-state index in [9.17, 15) is 15.0 Å². The van der Waals surface area contributed by atoms with Crippen molar-refractivity contribution in [3.63, 3.8) is 0 Å². The fourth-order valence-corrected chi connectivity index (χ4v) is 2.34. The van der Waals surface area contributed by atoms with Crippen LogP contribution >= 0.6 is 0 Å². The lowest BCUT2D eigenvalue weighted by atomic mass is 10.0. The molecule has 92 valence electrons. The van der Waals surface area contributed by atoms with Crippen LogP contribution in [0.1, 0.15) is 24.5 Å². The summed E-state index contributed by atoms with van der Waals surface area (Å²) in [7, 11) is 0. The summed E-state index contributed by atoms with van der Waals surface area (Å²) in [5, 5.41) is 19.5. The molecule has 0 aliphatic carbocycles. The lowest BCUT2D eigenvalue weighted by molar-refractivity contribution is -0.147. The quantitative estimate of drug-likeness (QED) is 0.825. The smallest absolute Gasteiger partial charge is 0.324 e. The van der Waals surface area contributed by atoms with Gasteiger partial charge in [0.25, 0.3) is 0 Å². The highest BCUT2D eigenvalue weighted by atomic mass is 16.4. The Bertz CT molecular complexity index is 374. The van der Waals surface area contributed by atoms with Crippen LogP contribution in [0.25, 0.3) is 0 Å². The molecule has 4 nitrogen and oxygen atoms in total. The van der Waals surface area contributed by atoms with Crippen molar-refractivity contribution in [3.8, 4) is 0 Å². The molecule has 0 aromatic heterocycles. The maximum Gasteiger partial charge on any atom is 0.324 e. The first-order valence-corrected chi connectivity index (χ1v) is 5.90. The molecule has 4 heteroatoms. The molecule has 0 amide bonds. The van der Waals surface area contributed by atoms with Crippen molar-refractivity contribution in [1.82, 2.24) is 4.90 Å². The number of nitrogens with zero attached hydrogens (tertiary/aromatic N) is 1. The van der Waals surface area contributed by atoms with E-state index in [0.717, 1.165) is 25.9 Å². The second-order valence-corrected chi connectivity index (χ2v) is 4.38. The number of hydrogen-bond donors (Lipinski definition) is 2. The van der Waals surface area contributed by atoms with E-state index in [2.05, 4.69) is 0 Å². The average molecular weight is 235 g/mol. The van der Waals surface area contributed by atoms with Gasteiger partial charge in [-0.1, -0.05) is 30.3 Å². The molecule has 2 atom stereocenters. The lowest BCUT2D eigenvalue weighted by Crippen LogP contribution is -2.43. The van der Waals surface area contributed by atoms with Crippen LogP contribution in [-0.4, -0.2) is 40.2 Å². The number of benzene rings is 1. The Labute approximate surface area is 100 Å². The molecule has 1 aromatic rings. The summed E-state index contributed by atoms with van der Waals surface area (Å²) >= 11 is 0. The van der Waals surface area contributed by atoms with Crippen LogP contribution in [0.4, 0.5) is 0 Å². The Balaban J connectivity index is 2.18. The number of carboxylic acids is 1. The third kappa shape index (κ3) is 2.65. The summed E-state index contributed by atoms with van der Waals surface area (Å²) in [4.78, 5) is 13.1. The van der Waals surface area contributed by atoms with Crippen molar-refractivity contribution in [3.05, 3.63) is 35.9 Å². The zero-order valence-corrected chi connectivity index (χ0v) is 9.62. The van der Waals surface area contributed by atoms with Gasteiger partial charge in [0.2, 0.25) is 0 Å². The van der Waals surface area contributed by atoms with Gasteiger partial charge in [-0.25, -0.2) is 0 Å². The zero-order chi connectivity index (χ0) is 12.3. The normalized spacial score (nSPS) is 20.1. The van der Waals surface area contributed by atoms with E-state index in [4.69, 9.17) is 0 Å². The predicted molar refractivity (Wildman–Crippen MR) is 63.6 cm³/mol. The molecule has 17 heavy (non-hydrogen) atoms. The predicted octanol–water partition coefficient (Wildman–Crippen LogP) is 1.27. The van der Waals surface area contributed by atoms with Crippen molar-refractivity contribution >= 4 is 5.97 Å². The Morgan fingerprint density at radius 3 is 2.29 bits per heavy atom. The van der Waals surface area contributed by atoms with Gasteiger partial charge < -0.3 is 10.2 Å². The summed E-state index contributed by atoms with van der Waals surface area (Å²) in [6, 6.07) is 8.15. The van der Waals surface area contributed by atoms with Gasteiger partial charge >= 0.3 is 5.97 Å². The van der Waals surface area contributed by atoms with Crippen molar-refractivity contribution in [2.45, 2.75) is 25.0 Å². The van der Waals surface area contributed by atoms with Crippen LogP contribution in [0, 0.1) is 0 Å². The summed E-state index contributed by atoms with van der Waals surface area (Å²) in [5.74, 6) is -0.955. The van der Waals surface area contributed by atoms with E-state index in [0.29, 0.717) is 5.56 Å². The van der Waals surface area contributed by atoms with Crippen LogP contribution in [0.15, 0.2) is 30.3 Å². The van der Waals surface area contributed by atoms with E-state index in [1.807, 2.05) is 11.0 Å². The molecule has 0 saturated carbocycles. The van der Waals surface area contributed by atoms with Gasteiger partial charge in [-0.2, -0.15) is 0 Å². The number of aliphatic hydroxyl groups excluding tert-OH is 1. The van der Waals surface area contributed by atoms with Crippen molar-refractivity contribution in [2.75, 3.05) is 13.1 Å². The van der Waals surface area contributed by atoms with Crippen molar-refractivity contribution in [2.24, 2.45) is 0 Å². The van der Waals surface area contributed by atoms with Crippen molar-refractivity contribution < 1.29 is 15.0 Å². The number of aliphatic carboxylic acids is 1. The van der Waals surface area contributed by atoms with Gasteiger partial charge in [0, 0.05) is 0 Å². The lowest BCUT2D eigenvalue weighted by Gasteiger charge is -2.28. The molecule has 1 saturated heterocycles. The second kappa shape index (κ2) is 5.29.